The number of nitrogens with zero attached hydrogens (tertiary/aromatic N) is 4. The van der Waals surface area contributed by atoms with Crippen LogP contribution in [0.1, 0.15) is 25.1 Å². The molecule has 0 saturated carbocycles. The number of likely N-dealkylation sites (tertiary alicyclic amines) is 1. The smallest absolute Gasteiger partial charge is 0.317 e. The van der Waals surface area contributed by atoms with Crippen molar-refractivity contribution in [2.24, 2.45) is 5.92 Å². The lowest BCUT2D eigenvalue weighted by Crippen LogP contribution is -2.49. The number of rotatable bonds is 6. The summed E-state index contributed by atoms with van der Waals surface area (Å²) in [4.78, 5) is 21.1. The number of hydrogen-bond acceptors (Lipinski definition) is 4. The molecule has 0 unspecified atom stereocenters. The fourth-order valence-corrected chi connectivity index (χ4v) is 3.74. The van der Waals surface area contributed by atoms with Gasteiger partial charge in [-0.15, -0.1) is 0 Å². The van der Waals surface area contributed by atoms with Gasteiger partial charge in [-0.1, -0.05) is 0 Å². The minimum absolute atomic E-state index is 0.0917. The first-order chi connectivity index (χ1) is 12.2. The molecule has 0 spiro atoms. The van der Waals surface area contributed by atoms with Gasteiger partial charge >= 0.3 is 6.03 Å². The average Bonchev–Trinajstić information content (AvgIpc) is 3.04. The number of carbonyl (C=O) groups excluding carboxylic acids is 1. The van der Waals surface area contributed by atoms with Gasteiger partial charge in [0.05, 0.1) is 13.2 Å². The molecule has 1 N–H and O–H groups in total. The summed E-state index contributed by atoms with van der Waals surface area (Å²) in [7, 11) is 0. The first-order valence-electron chi connectivity index (χ1n) is 9.53. The van der Waals surface area contributed by atoms with E-state index >= 15 is 0 Å². The molecule has 25 heavy (non-hydrogen) atoms. The maximum Gasteiger partial charge on any atom is 0.317 e. The number of morpholine rings is 1. The third-order valence-corrected chi connectivity index (χ3v) is 5.20. The highest BCUT2D eigenvalue weighted by molar-refractivity contribution is 5.74. The third kappa shape index (κ3) is 5.44. The molecule has 2 amide bonds. The Hall–Kier alpha value is -1.60. The highest BCUT2D eigenvalue weighted by atomic mass is 16.5. The minimum Gasteiger partial charge on any atom is -0.379 e. The number of hydrogen-bond donors (Lipinski definition) is 1. The van der Waals surface area contributed by atoms with Crippen molar-refractivity contribution < 1.29 is 9.53 Å². The number of nitrogens with one attached hydrogen (secondary N) is 1. The zero-order valence-corrected chi connectivity index (χ0v) is 15.3. The normalized spacial score (nSPS) is 22.1. The molecule has 1 aromatic rings. The van der Waals surface area contributed by atoms with Crippen LogP contribution in [-0.4, -0.2) is 77.9 Å². The number of carbonyl (C=O) groups is 1. The van der Waals surface area contributed by atoms with Crippen LogP contribution in [0.4, 0.5) is 4.79 Å². The number of piperidine rings is 1. The van der Waals surface area contributed by atoms with Crippen LogP contribution in [-0.2, 0) is 11.3 Å². The molecule has 2 fully saturated rings. The van der Waals surface area contributed by atoms with E-state index in [1.54, 1.807) is 0 Å². The van der Waals surface area contributed by atoms with Crippen molar-refractivity contribution in [3.8, 4) is 0 Å². The van der Waals surface area contributed by atoms with Crippen molar-refractivity contribution in [3.05, 3.63) is 18.2 Å². The summed E-state index contributed by atoms with van der Waals surface area (Å²) < 4.78 is 7.53. The minimum atomic E-state index is 0.0917. The zero-order chi connectivity index (χ0) is 17.5. The van der Waals surface area contributed by atoms with Crippen molar-refractivity contribution in [1.82, 2.24) is 24.7 Å². The number of imidazole rings is 1. The van der Waals surface area contributed by atoms with E-state index in [-0.39, 0.29) is 6.03 Å². The highest BCUT2D eigenvalue weighted by Crippen LogP contribution is 2.18. The molecule has 2 aliphatic heterocycles. The molecule has 3 heterocycles. The summed E-state index contributed by atoms with van der Waals surface area (Å²) in [6.07, 6.45) is 7.06. The van der Waals surface area contributed by atoms with Crippen LogP contribution in [0, 0.1) is 12.8 Å². The third-order valence-electron chi connectivity index (χ3n) is 5.20. The molecule has 0 aliphatic carbocycles. The summed E-state index contributed by atoms with van der Waals surface area (Å²) in [6, 6.07) is 0.0917. The Morgan fingerprint density at radius 1 is 1.36 bits per heavy atom. The fourth-order valence-electron chi connectivity index (χ4n) is 3.74. The molecule has 0 radical (unpaired) electrons. The number of aromatic nitrogens is 2. The monoisotopic (exact) mass is 349 g/mol. The van der Waals surface area contributed by atoms with Gasteiger partial charge in [-0.25, -0.2) is 9.78 Å². The Bertz CT molecular complexity index is 541. The maximum absolute atomic E-state index is 12.4. The lowest BCUT2D eigenvalue weighted by atomic mass is 9.97. The fraction of sp³-hybridized carbons (Fsp3) is 0.778. The predicted octanol–water partition coefficient (Wildman–Crippen LogP) is 1.34. The number of ether oxygens (including phenoxy) is 1. The molecular weight excluding hydrogens is 318 g/mol. The standard InChI is InChI=1S/C18H31N5O2/c1-16-19-6-9-22(16)8-3-5-20-18(24)23-7-2-4-17(15-23)14-21-10-12-25-13-11-21/h6,9,17H,2-5,7-8,10-15H2,1H3,(H,20,24)/t17-/m1/s1. The molecule has 1 aromatic heterocycles. The van der Waals surface area contributed by atoms with E-state index in [1.807, 2.05) is 24.2 Å². The predicted molar refractivity (Wildman–Crippen MR) is 96.5 cm³/mol. The van der Waals surface area contributed by atoms with Crippen molar-refractivity contribution in [2.75, 3.05) is 52.5 Å². The van der Waals surface area contributed by atoms with Crippen LogP contribution in [0.5, 0.6) is 0 Å². The second kappa shape index (κ2) is 9.20. The Morgan fingerprint density at radius 3 is 2.96 bits per heavy atom. The van der Waals surface area contributed by atoms with Gasteiger partial charge in [0.15, 0.2) is 0 Å². The number of amides is 2. The van der Waals surface area contributed by atoms with Crippen LogP contribution in [0.2, 0.25) is 0 Å². The number of aryl methyl sites for hydroxylation is 2. The summed E-state index contributed by atoms with van der Waals surface area (Å²) in [6.45, 7) is 10.2. The molecule has 2 saturated heterocycles. The highest BCUT2D eigenvalue weighted by Gasteiger charge is 2.25. The van der Waals surface area contributed by atoms with Crippen LogP contribution in [0.25, 0.3) is 0 Å². The lowest BCUT2D eigenvalue weighted by Gasteiger charge is -2.36. The quantitative estimate of drug-likeness (QED) is 0.787. The molecule has 7 nitrogen and oxygen atoms in total. The van der Waals surface area contributed by atoms with Gasteiger partial charge in [-0.05, 0) is 32.1 Å². The second-order valence-electron chi connectivity index (χ2n) is 7.12. The van der Waals surface area contributed by atoms with Crippen molar-refractivity contribution >= 4 is 6.03 Å². The second-order valence-corrected chi connectivity index (χ2v) is 7.12. The molecular formula is C18H31N5O2. The first kappa shape index (κ1) is 18.2. The van der Waals surface area contributed by atoms with E-state index in [4.69, 9.17) is 4.74 Å². The van der Waals surface area contributed by atoms with Crippen molar-refractivity contribution in [2.45, 2.75) is 32.7 Å². The molecule has 0 bridgehead atoms. The van der Waals surface area contributed by atoms with Gasteiger partial charge in [0, 0.05) is 58.2 Å². The maximum atomic E-state index is 12.4. The van der Waals surface area contributed by atoms with Gasteiger partial charge < -0.3 is 19.5 Å². The van der Waals surface area contributed by atoms with E-state index in [9.17, 15) is 4.79 Å². The molecule has 0 aromatic carbocycles. The van der Waals surface area contributed by atoms with Crippen LogP contribution in [0.3, 0.4) is 0 Å². The average molecular weight is 349 g/mol. The van der Waals surface area contributed by atoms with Crippen LogP contribution >= 0.6 is 0 Å². The molecule has 3 rings (SSSR count). The topological polar surface area (TPSA) is 62.6 Å². The van der Waals surface area contributed by atoms with Gasteiger partial charge in [0.25, 0.3) is 0 Å². The summed E-state index contributed by atoms with van der Waals surface area (Å²) in [5, 5.41) is 3.08. The van der Waals surface area contributed by atoms with Crippen LogP contribution < -0.4 is 5.32 Å². The Morgan fingerprint density at radius 2 is 2.20 bits per heavy atom. The largest absolute Gasteiger partial charge is 0.379 e. The SMILES string of the molecule is Cc1nccn1CCCNC(=O)N1CCC[C@H](CN2CCOCC2)C1. The van der Waals surface area contributed by atoms with Gasteiger partial charge in [-0.3, -0.25) is 4.90 Å². The Labute approximate surface area is 150 Å². The Balaban J connectivity index is 1.35. The molecule has 7 heteroatoms. The summed E-state index contributed by atoms with van der Waals surface area (Å²) in [5.41, 5.74) is 0. The van der Waals surface area contributed by atoms with E-state index in [0.29, 0.717) is 12.5 Å². The van der Waals surface area contributed by atoms with Gasteiger partial charge in [0.1, 0.15) is 5.82 Å². The molecule has 140 valence electrons. The Kier molecular flexibility index (Phi) is 6.69. The van der Waals surface area contributed by atoms with Crippen molar-refractivity contribution in [3.63, 3.8) is 0 Å². The zero-order valence-electron chi connectivity index (χ0n) is 15.3. The summed E-state index contributed by atoms with van der Waals surface area (Å²) >= 11 is 0. The molecule has 1 atom stereocenters. The van der Waals surface area contributed by atoms with E-state index < -0.39 is 0 Å². The molecule has 2 aliphatic rings. The van der Waals surface area contributed by atoms with Gasteiger partial charge in [-0.2, -0.15) is 0 Å². The van der Waals surface area contributed by atoms with Gasteiger partial charge in [0.2, 0.25) is 0 Å². The first-order valence-corrected chi connectivity index (χ1v) is 9.53. The lowest BCUT2D eigenvalue weighted by molar-refractivity contribution is 0.0249. The number of urea groups is 1. The van der Waals surface area contributed by atoms with Crippen LogP contribution in [0.15, 0.2) is 12.4 Å². The summed E-state index contributed by atoms with van der Waals surface area (Å²) in [5.74, 6) is 1.61. The van der Waals surface area contributed by atoms with E-state index in [1.165, 1.54) is 6.42 Å². The van der Waals surface area contributed by atoms with E-state index in [0.717, 1.165) is 71.1 Å². The van der Waals surface area contributed by atoms with Crippen molar-refractivity contribution in [1.29, 1.82) is 0 Å². The van der Waals surface area contributed by atoms with E-state index in [2.05, 4.69) is 19.8 Å².